The van der Waals surface area contributed by atoms with Crippen LogP contribution in [0.1, 0.15) is 5.82 Å². The molecule has 5 nitrogen and oxygen atoms in total. The van der Waals surface area contributed by atoms with Crippen molar-refractivity contribution in [3.05, 3.63) is 24.0 Å². The Hall–Kier alpha value is -1.40. The van der Waals surface area contributed by atoms with Crippen LogP contribution >= 0.6 is 0 Å². The fraction of sp³-hybridized carbons (Fsp3) is 0.364. The van der Waals surface area contributed by atoms with Crippen LogP contribution in [0.15, 0.2) is 23.1 Å². The highest BCUT2D eigenvalue weighted by Crippen LogP contribution is 2.20. The Morgan fingerprint density at radius 1 is 1.41 bits per heavy atom. The third-order valence-electron chi connectivity index (χ3n) is 2.80. The second kappa shape index (κ2) is 4.12. The second-order valence-electron chi connectivity index (χ2n) is 3.91. The highest BCUT2D eigenvalue weighted by atomic mass is 32.2. The van der Waals surface area contributed by atoms with E-state index in [0.29, 0.717) is 5.52 Å². The molecule has 17 heavy (non-hydrogen) atoms. The maximum atomic E-state index is 11.8. The van der Waals surface area contributed by atoms with Crippen molar-refractivity contribution in [2.24, 2.45) is 7.05 Å². The predicted molar refractivity (Wildman–Crippen MR) is 64.6 cm³/mol. The van der Waals surface area contributed by atoms with Crippen molar-refractivity contribution in [3.8, 4) is 0 Å². The standard InChI is InChI=1S/C11H14N2O3S/c1-8-12-10-7-9(17(15,16)6-5-14)3-4-11(10)13(8)2/h3-4,7,14H,5-6H2,1-2H3. The molecule has 0 fully saturated rings. The van der Waals surface area contributed by atoms with Crippen molar-refractivity contribution in [1.29, 1.82) is 0 Å². The molecule has 0 aliphatic heterocycles. The van der Waals surface area contributed by atoms with Gasteiger partial charge in [0.25, 0.3) is 0 Å². The van der Waals surface area contributed by atoms with E-state index in [1.165, 1.54) is 0 Å². The van der Waals surface area contributed by atoms with E-state index in [2.05, 4.69) is 4.98 Å². The number of hydrogen-bond donors (Lipinski definition) is 1. The fourth-order valence-corrected chi connectivity index (χ4v) is 2.77. The number of rotatable bonds is 3. The van der Waals surface area contributed by atoms with Gasteiger partial charge in [0, 0.05) is 7.05 Å². The first-order chi connectivity index (χ1) is 7.95. The number of sulfone groups is 1. The molecule has 0 bridgehead atoms. The monoisotopic (exact) mass is 254 g/mol. The van der Waals surface area contributed by atoms with Gasteiger partial charge in [-0.2, -0.15) is 0 Å². The molecule has 1 aromatic carbocycles. The quantitative estimate of drug-likeness (QED) is 0.872. The van der Waals surface area contributed by atoms with Crippen molar-refractivity contribution in [2.75, 3.05) is 12.4 Å². The summed E-state index contributed by atoms with van der Waals surface area (Å²) in [5.41, 5.74) is 1.55. The summed E-state index contributed by atoms with van der Waals surface area (Å²) < 4.78 is 25.4. The van der Waals surface area contributed by atoms with Crippen LogP contribution in [0.25, 0.3) is 11.0 Å². The van der Waals surface area contributed by atoms with E-state index in [-0.39, 0.29) is 17.3 Å². The van der Waals surface area contributed by atoms with E-state index in [1.54, 1.807) is 18.2 Å². The van der Waals surface area contributed by atoms with Crippen molar-refractivity contribution < 1.29 is 13.5 Å². The van der Waals surface area contributed by atoms with E-state index in [0.717, 1.165) is 11.3 Å². The van der Waals surface area contributed by atoms with Crippen LogP contribution in [0.5, 0.6) is 0 Å². The summed E-state index contributed by atoms with van der Waals surface area (Å²) in [7, 11) is -1.52. The van der Waals surface area contributed by atoms with Gasteiger partial charge in [-0.15, -0.1) is 0 Å². The molecule has 1 heterocycles. The van der Waals surface area contributed by atoms with Gasteiger partial charge in [0.2, 0.25) is 0 Å². The normalized spacial score (nSPS) is 12.2. The molecule has 0 aliphatic carbocycles. The second-order valence-corrected chi connectivity index (χ2v) is 6.02. The molecule has 0 unspecified atom stereocenters. The summed E-state index contributed by atoms with van der Waals surface area (Å²) in [5, 5.41) is 8.73. The van der Waals surface area contributed by atoms with Crippen LogP contribution in [0.4, 0.5) is 0 Å². The minimum absolute atomic E-state index is 0.206. The van der Waals surface area contributed by atoms with Gasteiger partial charge in [-0.05, 0) is 25.1 Å². The molecule has 0 atom stereocenters. The van der Waals surface area contributed by atoms with Crippen molar-refractivity contribution in [2.45, 2.75) is 11.8 Å². The van der Waals surface area contributed by atoms with Gasteiger partial charge in [0.15, 0.2) is 9.84 Å². The largest absolute Gasteiger partial charge is 0.395 e. The van der Waals surface area contributed by atoms with Crippen LogP contribution in [0.2, 0.25) is 0 Å². The average Bonchev–Trinajstić information content (AvgIpc) is 2.54. The summed E-state index contributed by atoms with van der Waals surface area (Å²) in [5.74, 6) is 0.571. The SMILES string of the molecule is Cc1nc2cc(S(=O)(=O)CCO)ccc2n1C. The lowest BCUT2D eigenvalue weighted by Gasteiger charge is -2.02. The molecular weight excluding hydrogens is 240 g/mol. The first-order valence-corrected chi connectivity index (χ1v) is 6.87. The molecule has 6 heteroatoms. The zero-order valence-corrected chi connectivity index (χ0v) is 10.5. The maximum absolute atomic E-state index is 11.8. The topological polar surface area (TPSA) is 72.2 Å². The molecule has 0 spiro atoms. The van der Waals surface area contributed by atoms with E-state index in [1.807, 2.05) is 18.5 Å². The van der Waals surface area contributed by atoms with Gasteiger partial charge in [0.05, 0.1) is 28.3 Å². The van der Waals surface area contributed by atoms with Gasteiger partial charge in [-0.3, -0.25) is 0 Å². The molecule has 1 N–H and O–H groups in total. The Balaban J connectivity index is 2.60. The van der Waals surface area contributed by atoms with Crippen LogP contribution in [-0.4, -0.2) is 35.4 Å². The molecule has 92 valence electrons. The van der Waals surface area contributed by atoms with Crippen molar-refractivity contribution in [1.82, 2.24) is 9.55 Å². The predicted octanol–water partition coefficient (Wildman–Crippen LogP) is 0.648. The average molecular weight is 254 g/mol. The number of aliphatic hydroxyl groups excluding tert-OH is 1. The number of hydrogen-bond acceptors (Lipinski definition) is 4. The zero-order valence-electron chi connectivity index (χ0n) is 9.71. The Labute approximate surface area is 99.6 Å². The molecule has 0 aliphatic rings. The Morgan fingerprint density at radius 3 is 2.76 bits per heavy atom. The molecule has 0 amide bonds. The summed E-state index contributed by atoms with van der Waals surface area (Å²) in [6.07, 6.45) is 0. The highest BCUT2D eigenvalue weighted by molar-refractivity contribution is 7.91. The van der Waals surface area contributed by atoms with Gasteiger partial charge in [-0.25, -0.2) is 13.4 Å². The van der Waals surface area contributed by atoms with E-state index >= 15 is 0 Å². The number of nitrogens with zero attached hydrogens (tertiary/aromatic N) is 2. The number of aromatic nitrogens is 2. The number of benzene rings is 1. The molecule has 1 aromatic heterocycles. The lowest BCUT2D eigenvalue weighted by atomic mass is 10.3. The van der Waals surface area contributed by atoms with Crippen LogP contribution in [-0.2, 0) is 16.9 Å². The van der Waals surface area contributed by atoms with E-state index in [9.17, 15) is 8.42 Å². The van der Waals surface area contributed by atoms with Gasteiger partial charge >= 0.3 is 0 Å². The van der Waals surface area contributed by atoms with Gasteiger partial charge < -0.3 is 9.67 Å². The lowest BCUT2D eigenvalue weighted by Crippen LogP contribution is -2.09. The van der Waals surface area contributed by atoms with Crippen LogP contribution in [0, 0.1) is 6.92 Å². The Kier molecular flexibility index (Phi) is 2.92. The highest BCUT2D eigenvalue weighted by Gasteiger charge is 2.15. The van der Waals surface area contributed by atoms with E-state index in [4.69, 9.17) is 5.11 Å². The Bertz CT molecular complexity index is 659. The zero-order chi connectivity index (χ0) is 12.6. The van der Waals surface area contributed by atoms with Crippen molar-refractivity contribution in [3.63, 3.8) is 0 Å². The van der Waals surface area contributed by atoms with Gasteiger partial charge in [-0.1, -0.05) is 0 Å². The minimum Gasteiger partial charge on any atom is -0.395 e. The van der Waals surface area contributed by atoms with E-state index < -0.39 is 9.84 Å². The molecule has 0 saturated heterocycles. The number of aliphatic hydroxyl groups is 1. The van der Waals surface area contributed by atoms with Gasteiger partial charge in [0.1, 0.15) is 5.82 Å². The summed E-state index contributed by atoms with van der Waals surface area (Å²) >= 11 is 0. The first kappa shape index (κ1) is 12.1. The third kappa shape index (κ3) is 2.05. The fourth-order valence-electron chi connectivity index (χ4n) is 1.73. The molecule has 2 rings (SSSR count). The Morgan fingerprint density at radius 2 is 2.12 bits per heavy atom. The molecule has 2 aromatic rings. The number of imidazole rings is 1. The third-order valence-corrected chi connectivity index (χ3v) is 4.49. The summed E-state index contributed by atoms with van der Waals surface area (Å²) in [6, 6.07) is 4.83. The molecular formula is C11H14N2O3S. The summed E-state index contributed by atoms with van der Waals surface area (Å²) in [6.45, 7) is 1.49. The van der Waals surface area contributed by atoms with Crippen molar-refractivity contribution >= 4 is 20.9 Å². The number of fused-ring (bicyclic) bond motifs is 1. The molecule has 0 radical (unpaired) electrons. The van der Waals surface area contributed by atoms with Crippen LogP contribution < -0.4 is 0 Å². The minimum atomic E-state index is -3.40. The summed E-state index contributed by atoms with van der Waals surface area (Å²) in [4.78, 5) is 4.49. The molecule has 0 saturated carbocycles. The lowest BCUT2D eigenvalue weighted by molar-refractivity contribution is 0.319. The van der Waals surface area contributed by atoms with Crippen LogP contribution in [0.3, 0.4) is 0 Å². The number of aryl methyl sites for hydroxylation is 2. The maximum Gasteiger partial charge on any atom is 0.180 e. The smallest absolute Gasteiger partial charge is 0.180 e. The first-order valence-electron chi connectivity index (χ1n) is 5.22.